The van der Waals surface area contributed by atoms with Gasteiger partial charge in [0.15, 0.2) is 28.8 Å². The van der Waals surface area contributed by atoms with Crippen LogP contribution in [0.1, 0.15) is 16.2 Å². The Hall–Kier alpha value is -4.86. The molecule has 0 fully saturated rings. The van der Waals surface area contributed by atoms with Gasteiger partial charge in [0, 0.05) is 35.1 Å². The number of nitrogens with zero attached hydrogens (tertiary/aromatic N) is 4. The Morgan fingerprint density at radius 2 is 1.75 bits per heavy atom. The molecular formula is C26H19F2N5O3. The molecule has 1 N–H and O–H groups in total. The predicted molar refractivity (Wildman–Crippen MR) is 128 cm³/mol. The Balaban J connectivity index is 1.34. The molecular weight excluding hydrogens is 468 g/mol. The van der Waals surface area contributed by atoms with Crippen molar-refractivity contribution in [1.82, 2.24) is 19.6 Å². The molecule has 0 aliphatic rings. The van der Waals surface area contributed by atoms with Crippen LogP contribution in [0.25, 0.3) is 16.9 Å². The maximum absolute atomic E-state index is 14.8. The number of pyridine rings is 1. The predicted octanol–water partition coefficient (Wildman–Crippen LogP) is 5.43. The fraction of sp³-hybridized carbons (Fsp3) is 0.0769. The van der Waals surface area contributed by atoms with E-state index < -0.39 is 17.5 Å². The number of anilines is 1. The molecule has 0 aliphatic carbocycles. The number of fused-ring (bicyclic) bond motifs is 1. The molecule has 180 valence electrons. The van der Waals surface area contributed by atoms with Gasteiger partial charge in [-0.3, -0.25) is 4.79 Å². The summed E-state index contributed by atoms with van der Waals surface area (Å²) in [5.74, 6) is -1.42. The van der Waals surface area contributed by atoms with Crippen molar-refractivity contribution in [2.75, 3.05) is 12.4 Å². The topological polar surface area (TPSA) is 90.6 Å². The summed E-state index contributed by atoms with van der Waals surface area (Å²) in [6, 6.07) is 16.6. The van der Waals surface area contributed by atoms with E-state index in [9.17, 15) is 13.6 Å². The van der Waals surface area contributed by atoms with E-state index in [0.717, 1.165) is 6.07 Å². The lowest BCUT2D eigenvalue weighted by Crippen LogP contribution is -2.14. The average Bonchev–Trinajstić information content (AvgIpc) is 3.34. The monoisotopic (exact) mass is 487 g/mol. The zero-order valence-corrected chi connectivity index (χ0v) is 19.2. The summed E-state index contributed by atoms with van der Waals surface area (Å²) in [5, 5.41) is 6.75. The number of methoxy groups -OCH3 is 1. The Bertz CT molecular complexity index is 1600. The molecule has 0 spiro atoms. The molecule has 0 unspecified atom stereocenters. The molecule has 0 saturated carbocycles. The summed E-state index contributed by atoms with van der Waals surface area (Å²) in [5.41, 5.74) is 2.43. The van der Waals surface area contributed by atoms with Gasteiger partial charge in [-0.25, -0.2) is 18.7 Å². The number of aryl methyl sites for hydroxylation is 1. The van der Waals surface area contributed by atoms with Gasteiger partial charge in [-0.1, -0.05) is 6.07 Å². The fourth-order valence-electron chi connectivity index (χ4n) is 3.59. The molecule has 3 heterocycles. The first-order valence-electron chi connectivity index (χ1n) is 10.8. The normalized spacial score (nSPS) is 10.9. The Morgan fingerprint density at radius 1 is 0.944 bits per heavy atom. The van der Waals surface area contributed by atoms with Crippen molar-refractivity contribution in [2.45, 2.75) is 6.92 Å². The van der Waals surface area contributed by atoms with Crippen LogP contribution >= 0.6 is 0 Å². The van der Waals surface area contributed by atoms with Gasteiger partial charge in [-0.05, 0) is 49.4 Å². The number of benzene rings is 2. The molecule has 0 aliphatic heterocycles. The Labute approximate surface area is 204 Å². The number of amides is 1. The second-order valence-corrected chi connectivity index (χ2v) is 7.80. The standard InChI is InChI=1S/C26H19F2N5O3/c1-15-12-25(33-24(30-15)10-11-29-33)36-23-9-7-17(14-19(23)28)31-26(34)21-5-3-4-20(32-21)16-6-8-22(35-2)18(27)13-16/h3-14H,1-2H3,(H,31,34). The zero-order valence-electron chi connectivity index (χ0n) is 19.2. The number of rotatable bonds is 6. The first-order valence-corrected chi connectivity index (χ1v) is 10.8. The largest absolute Gasteiger partial charge is 0.494 e. The van der Waals surface area contributed by atoms with E-state index in [4.69, 9.17) is 9.47 Å². The molecule has 5 rings (SSSR count). The third-order valence-corrected chi connectivity index (χ3v) is 5.29. The van der Waals surface area contributed by atoms with Gasteiger partial charge < -0.3 is 14.8 Å². The summed E-state index contributed by atoms with van der Waals surface area (Å²) in [7, 11) is 1.38. The van der Waals surface area contributed by atoms with Crippen molar-refractivity contribution < 1.29 is 23.0 Å². The first kappa shape index (κ1) is 22.9. The second kappa shape index (κ2) is 9.41. The van der Waals surface area contributed by atoms with E-state index in [1.165, 1.54) is 42.0 Å². The minimum atomic E-state index is -0.682. The highest BCUT2D eigenvalue weighted by atomic mass is 19.1. The van der Waals surface area contributed by atoms with E-state index in [1.807, 2.05) is 0 Å². The highest BCUT2D eigenvalue weighted by Crippen LogP contribution is 2.28. The van der Waals surface area contributed by atoms with Crippen molar-refractivity contribution in [3.8, 4) is 28.6 Å². The van der Waals surface area contributed by atoms with Crippen LogP contribution in [0.2, 0.25) is 0 Å². The quantitative estimate of drug-likeness (QED) is 0.343. The van der Waals surface area contributed by atoms with Crippen LogP contribution < -0.4 is 14.8 Å². The SMILES string of the molecule is COc1ccc(-c2cccc(C(=O)Nc3ccc(Oc4cc(C)nc5ccnn45)c(F)c3)n2)cc1F. The van der Waals surface area contributed by atoms with Crippen LogP contribution in [0.15, 0.2) is 72.9 Å². The second-order valence-electron chi connectivity index (χ2n) is 7.80. The number of hydrogen-bond acceptors (Lipinski definition) is 6. The number of hydrogen-bond donors (Lipinski definition) is 1. The number of carbonyl (C=O) groups excluding carboxylic acids is 1. The lowest BCUT2D eigenvalue weighted by molar-refractivity contribution is 0.102. The lowest BCUT2D eigenvalue weighted by atomic mass is 10.1. The number of ether oxygens (including phenoxy) is 2. The lowest BCUT2D eigenvalue weighted by Gasteiger charge is -2.11. The van der Waals surface area contributed by atoms with Gasteiger partial charge in [0.1, 0.15) is 5.69 Å². The van der Waals surface area contributed by atoms with Crippen LogP contribution in [0, 0.1) is 18.6 Å². The highest BCUT2D eigenvalue weighted by molar-refractivity contribution is 6.03. The zero-order chi connectivity index (χ0) is 25.2. The van der Waals surface area contributed by atoms with Crippen LogP contribution in [-0.4, -0.2) is 32.6 Å². The molecule has 0 bridgehead atoms. The minimum Gasteiger partial charge on any atom is -0.494 e. The van der Waals surface area contributed by atoms with E-state index in [-0.39, 0.29) is 22.9 Å². The number of carbonyl (C=O) groups is 1. The van der Waals surface area contributed by atoms with Crippen molar-refractivity contribution >= 4 is 17.2 Å². The summed E-state index contributed by atoms with van der Waals surface area (Å²) in [4.78, 5) is 21.4. The molecule has 8 nitrogen and oxygen atoms in total. The van der Waals surface area contributed by atoms with Gasteiger partial charge >= 0.3 is 0 Å². The average molecular weight is 487 g/mol. The van der Waals surface area contributed by atoms with E-state index in [0.29, 0.717) is 28.5 Å². The summed E-state index contributed by atoms with van der Waals surface area (Å²) < 4.78 is 41.0. The van der Waals surface area contributed by atoms with Crippen LogP contribution in [0.3, 0.4) is 0 Å². The molecule has 10 heteroatoms. The smallest absolute Gasteiger partial charge is 0.274 e. The van der Waals surface area contributed by atoms with Gasteiger partial charge in [-0.2, -0.15) is 9.61 Å². The fourth-order valence-corrected chi connectivity index (χ4v) is 3.59. The van der Waals surface area contributed by atoms with Crippen molar-refractivity contribution in [2.24, 2.45) is 0 Å². The summed E-state index contributed by atoms with van der Waals surface area (Å²) in [6.45, 7) is 1.79. The highest BCUT2D eigenvalue weighted by Gasteiger charge is 2.14. The number of nitrogens with one attached hydrogen (secondary N) is 1. The molecule has 1 amide bonds. The van der Waals surface area contributed by atoms with Crippen LogP contribution in [0.5, 0.6) is 17.4 Å². The molecule has 5 aromatic rings. The van der Waals surface area contributed by atoms with E-state index in [1.54, 1.807) is 43.5 Å². The van der Waals surface area contributed by atoms with Gasteiger partial charge in [0.2, 0.25) is 5.88 Å². The van der Waals surface area contributed by atoms with Crippen LogP contribution in [0.4, 0.5) is 14.5 Å². The molecule has 0 radical (unpaired) electrons. The van der Waals surface area contributed by atoms with Gasteiger partial charge in [0.05, 0.1) is 19.0 Å². The molecule has 36 heavy (non-hydrogen) atoms. The minimum absolute atomic E-state index is 0.0444. The summed E-state index contributed by atoms with van der Waals surface area (Å²) in [6.07, 6.45) is 1.57. The van der Waals surface area contributed by atoms with E-state index >= 15 is 0 Å². The Morgan fingerprint density at radius 3 is 2.53 bits per heavy atom. The van der Waals surface area contributed by atoms with Gasteiger partial charge in [0.25, 0.3) is 5.91 Å². The third kappa shape index (κ3) is 4.56. The molecule has 0 saturated heterocycles. The molecule has 3 aromatic heterocycles. The van der Waals surface area contributed by atoms with Gasteiger partial charge in [-0.15, -0.1) is 0 Å². The van der Waals surface area contributed by atoms with E-state index in [2.05, 4.69) is 20.4 Å². The summed E-state index contributed by atoms with van der Waals surface area (Å²) >= 11 is 0. The third-order valence-electron chi connectivity index (χ3n) is 5.29. The molecule has 0 atom stereocenters. The van der Waals surface area contributed by atoms with Crippen molar-refractivity contribution in [1.29, 1.82) is 0 Å². The first-order chi connectivity index (χ1) is 17.4. The Kier molecular flexibility index (Phi) is 5.99. The number of aromatic nitrogens is 4. The van der Waals surface area contributed by atoms with Crippen molar-refractivity contribution in [3.63, 3.8) is 0 Å². The number of halogens is 2. The maximum Gasteiger partial charge on any atom is 0.274 e. The maximum atomic E-state index is 14.8. The van der Waals surface area contributed by atoms with Crippen LogP contribution in [-0.2, 0) is 0 Å². The molecule has 2 aromatic carbocycles. The van der Waals surface area contributed by atoms with Crippen molar-refractivity contribution in [3.05, 3.63) is 95.9 Å².